The van der Waals surface area contributed by atoms with Gasteiger partial charge in [-0.15, -0.1) is 0 Å². The van der Waals surface area contributed by atoms with Gasteiger partial charge in [0, 0.05) is 26.1 Å². The van der Waals surface area contributed by atoms with Crippen LogP contribution in [0.5, 0.6) is 0 Å². The topological polar surface area (TPSA) is 49.4 Å². The molecule has 2 amide bonds. The lowest BCUT2D eigenvalue weighted by molar-refractivity contribution is -0.129. The largest absolute Gasteiger partial charge is 0.355 e. The first kappa shape index (κ1) is 18.1. The molecule has 5 heteroatoms. The van der Waals surface area contributed by atoms with Gasteiger partial charge < -0.3 is 10.2 Å². The van der Waals surface area contributed by atoms with Crippen LogP contribution in [0.4, 0.5) is 4.39 Å². The maximum absolute atomic E-state index is 12.9. The standard InChI is InChI=1S/C21H23FN2O2/c1-15-4-2-3-5-17(15)13-24-14-18(12-20(24)25)21(26)23-11-10-16-6-8-19(22)9-7-16/h2-9,18H,10-14H2,1H3,(H,23,26). The third-order valence-electron chi connectivity index (χ3n) is 4.83. The number of hydrogen-bond donors (Lipinski definition) is 1. The van der Waals surface area contributed by atoms with Crippen molar-refractivity contribution in [1.29, 1.82) is 0 Å². The van der Waals surface area contributed by atoms with E-state index in [9.17, 15) is 14.0 Å². The van der Waals surface area contributed by atoms with Crippen molar-refractivity contribution in [3.63, 3.8) is 0 Å². The molecule has 136 valence electrons. The minimum absolute atomic E-state index is 0.0203. The first-order chi connectivity index (χ1) is 12.5. The van der Waals surface area contributed by atoms with Crippen LogP contribution in [0.2, 0.25) is 0 Å². The predicted molar refractivity (Wildman–Crippen MR) is 97.8 cm³/mol. The fourth-order valence-corrected chi connectivity index (χ4v) is 3.22. The Balaban J connectivity index is 1.49. The maximum atomic E-state index is 12.9. The zero-order valence-corrected chi connectivity index (χ0v) is 14.9. The Morgan fingerprint density at radius 1 is 1.19 bits per heavy atom. The van der Waals surface area contributed by atoms with Gasteiger partial charge in [-0.05, 0) is 42.2 Å². The summed E-state index contributed by atoms with van der Waals surface area (Å²) in [7, 11) is 0. The lowest BCUT2D eigenvalue weighted by atomic mass is 10.1. The summed E-state index contributed by atoms with van der Waals surface area (Å²) >= 11 is 0. The van der Waals surface area contributed by atoms with Crippen LogP contribution in [0.15, 0.2) is 48.5 Å². The molecule has 3 rings (SSSR count). The molecule has 2 aromatic carbocycles. The number of hydrogen-bond acceptors (Lipinski definition) is 2. The quantitative estimate of drug-likeness (QED) is 0.867. The Hall–Kier alpha value is -2.69. The summed E-state index contributed by atoms with van der Waals surface area (Å²) in [5.74, 6) is -0.643. The van der Waals surface area contributed by atoms with Crippen LogP contribution in [-0.2, 0) is 22.6 Å². The third-order valence-corrected chi connectivity index (χ3v) is 4.83. The Kier molecular flexibility index (Phi) is 5.66. The molecule has 0 bridgehead atoms. The van der Waals surface area contributed by atoms with Gasteiger partial charge in [0.2, 0.25) is 11.8 Å². The van der Waals surface area contributed by atoms with Gasteiger partial charge in [0.25, 0.3) is 0 Å². The van der Waals surface area contributed by atoms with Gasteiger partial charge in [0.05, 0.1) is 5.92 Å². The molecule has 4 nitrogen and oxygen atoms in total. The van der Waals surface area contributed by atoms with E-state index in [4.69, 9.17) is 0 Å². The molecule has 1 heterocycles. The minimum Gasteiger partial charge on any atom is -0.355 e. The second kappa shape index (κ2) is 8.13. The number of rotatable bonds is 6. The number of carbonyl (C=O) groups excluding carboxylic acids is 2. The number of carbonyl (C=O) groups is 2. The molecule has 0 saturated carbocycles. The first-order valence-electron chi connectivity index (χ1n) is 8.87. The predicted octanol–water partition coefficient (Wildman–Crippen LogP) is 2.84. The molecule has 1 saturated heterocycles. The molecule has 0 radical (unpaired) electrons. The molecule has 1 unspecified atom stereocenters. The van der Waals surface area contributed by atoms with Gasteiger partial charge in [-0.3, -0.25) is 9.59 Å². The number of nitrogens with zero attached hydrogens (tertiary/aromatic N) is 1. The average molecular weight is 354 g/mol. The lowest BCUT2D eigenvalue weighted by Crippen LogP contribution is -2.34. The van der Waals surface area contributed by atoms with Crippen LogP contribution >= 0.6 is 0 Å². The van der Waals surface area contributed by atoms with Crippen LogP contribution in [0.25, 0.3) is 0 Å². The van der Waals surface area contributed by atoms with Crippen molar-refractivity contribution < 1.29 is 14.0 Å². The fourth-order valence-electron chi connectivity index (χ4n) is 3.22. The molecular formula is C21H23FN2O2. The summed E-state index contributed by atoms with van der Waals surface area (Å²) in [6.07, 6.45) is 0.897. The van der Waals surface area contributed by atoms with Gasteiger partial charge in [-0.1, -0.05) is 36.4 Å². The Morgan fingerprint density at radius 3 is 2.65 bits per heavy atom. The molecule has 0 aromatic heterocycles. The average Bonchev–Trinajstić information content (AvgIpc) is 2.99. The minimum atomic E-state index is -0.306. The van der Waals surface area contributed by atoms with E-state index in [1.807, 2.05) is 31.2 Å². The zero-order chi connectivity index (χ0) is 18.5. The van der Waals surface area contributed by atoms with Gasteiger partial charge >= 0.3 is 0 Å². The second-order valence-corrected chi connectivity index (χ2v) is 6.77. The second-order valence-electron chi connectivity index (χ2n) is 6.77. The SMILES string of the molecule is Cc1ccccc1CN1CC(C(=O)NCCc2ccc(F)cc2)CC1=O. The van der Waals surface area contributed by atoms with Crippen molar-refractivity contribution >= 4 is 11.8 Å². The van der Waals surface area contributed by atoms with Crippen LogP contribution in [0.3, 0.4) is 0 Å². The van der Waals surface area contributed by atoms with Crippen molar-refractivity contribution in [1.82, 2.24) is 10.2 Å². The fraction of sp³-hybridized carbons (Fsp3) is 0.333. The van der Waals surface area contributed by atoms with E-state index in [-0.39, 0.29) is 30.0 Å². The summed E-state index contributed by atoms with van der Waals surface area (Å²) in [6, 6.07) is 14.2. The lowest BCUT2D eigenvalue weighted by Gasteiger charge is -2.18. The van der Waals surface area contributed by atoms with Crippen LogP contribution in [0.1, 0.15) is 23.1 Å². The van der Waals surface area contributed by atoms with Crippen LogP contribution in [-0.4, -0.2) is 29.8 Å². The van der Waals surface area contributed by atoms with Gasteiger partial charge in [-0.2, -0.15) is 0 Å². The maximum Gasteiger partial charge on any atom is 0.225 e. The van der Waals surface area contributed by atoms with E-state index in [1.54, 1.807) is 17.0 Å². The van der Waals surface area contributed by atoms with E-state index >= 15 is 0 Å². The van der Waals surface area contributed by atoms with Crippen molar-refractivity contribution in [2.45, 2.75) is 26.3 Å². The highest BCUT2D eigenvalue weighted by Crippen LogP contribution is 2.21. The summed E-state index contributed by atoms with van der Waals surface area (Å²) < 4.78 is 12.9. The molecule has 0 aliphatic carbocycles. The summed E-state index contributed by atoms with van der Waals surface area (Å²) in [6.45, 7) is 3.50. The Labute approximate surface area is 153 Å². The smallest absolute Gasteiger partial charge is 0.225 e. The molecule has 1 aliphatic heterocycles. The van der Waals surface area contributed by atoms with Crippen molar-refractivity contribution in [2.24, 2.45) is 5.92 Å². The zero-order valence-electron chi connectivity index (χ0n) is 14.9. The molecule has 1 atom stereocenters. The van der Waals surface area contributed by atoms with Crippen LogP contribution in [0, 0.1) is 18.7 Å². The molecule has 26 heavy (non-hydrogen) atoms. The number of amides is 2. The highest BCUT2D eigenvalue weighted by molar-refractivity contribution is 5.89. The normalized spacial score (nSPS) is 16.8. The Bertz CT molecular complexity index is 789. The van der Waals surface area contributed by atoms with Gasteiger partial charge in [-0.25, -0.2) is 4.39 Å². The highest BCUT2D eigenvalue weighted by atomic mass is 19.1. The molecule has 1 aliphatic rings. The van der Waals surface area contributed by atoms with Gasteiger partial charge in [0.15, 0.2) is 0 Å². The third kappa shape index (κ3) is 4.48. The van der Waals surface area contributed by atoms with E-state index in [0.717, 1.165) is 16.7 Å². The molecule has 1 fully saturated rings. The van der Waals surface area contributed by atoms with E-state index < -0.39 is 0 Å². The van der Waals surface area contributed by atoms with Gasteiger partial charge in [0.1, 0.15) is 5.82 Å². The van der Waals surface area contributed by atoms with Crippen molar-refractivity contribution in [3.05, 3.63) is 71.0 Å². The Morgan fingerprint density at radius 2 is 1.92 bits per heavy atom. The number of nitrogens with one attached hydrogen (secondary N) is 1. The van der Waals surface area contributed by atoms with E-state index in [0.29, 0.717) is 26.1 Å². The van der Waals surface area contributed by atoms with E-state index in [2.05, 4.69) is 5.32 Å². The summed E-state index contributed by atoms with van der Waals surface area (Å²) in [5.41, 5.74) is 3.22. The number of benzene rings is 2. The number of likely N-dealkylation sites (tertiary alicyclic amines) is 1. The first-order valence-corrected chi connectivity index (χ1v) is 8.87. The van der Waals surface area contributed by atoms with Crippen LogP contribution < -0.4 is 5.32 Å². The molecule has 1 N–H and O–H groups in total. The summed E-state index contributed by atoms with van der Waals surface area (Å²) in [5, 5.41) is 2.89. The molecule has 2 aromatic rings. The molecule has 0 spiro atoms. The monoisotopic (exact) mass is 354 g/mol. The van der Waals surface area contributed by atoms with Crippen molar-refractivity contribution in [3.8, 4) is 0 Å². The number of aryl methyl sites for hydroxylation is 1. The number of halogens is 1. The summed E-state index contributed by atoms with van der Waals surface area (Å²) in [4.78, 5) is 26.3. The van der Waals surface area contributed by atoms with E-state index in [1.165, 1.54) is 12.1 Å². The molecular weight excluding hydrogens is 331 g/mol. The van der Waals surface area contributed by atoms with Crippen molar-refractivity contribution in [2.75, 3.05) is 13.1 Å². The highest BCUT2D eigenvalue weighted by Gasteiger charge is 2.34.